The van der Waals surface area contributed by atoms with Crippen LogP contribution in [0.2, 0.25) is 0 Å². The number of carbonyl (C=O) groups is 1. The monoisotopic (exact) mass is 619 g/mol. The molecule has 8 nitrogen and oxygen atoms in total. The number of likely N-dealkylation sites (N-methyl/N-ethyl adjacent to an activating group) is 1. The Labute approximate surface area is 255 Å². The number of nitrogens with zero attached hydrogens (tertiary/aromatic N) is 1. The Balaban J connectivity index is 0.000000403. The van der Waals surface area contributed by atoms with E-state index < -0.39 is 12.1 Å². The van der Waals surface area contributed by atoms with E-state index in [1.165, 1.54) is 54.4 Å². The number of likely N-dealkylation sites (tertiary alicyclic amines) is 1. The van der Waals surface area contributed by atoms with Crippen LogP contribution in [0, 0.1) is 17.3 Å². The highest BCUT2D eigenvalue weighted by molar-refractivity contribution is 5.70. The minimum absolute atomic E-state index is 0.00571. The first kappa shape index (κ1) is 29.9. The van der Waals surface area contributed by atoms with Crippen LogP contribution in [0.25, 0.3) is 0 Å². The van der Waals surface area contributed by atoms with Gasteiger partial charge in [-0.3, -0.25) is 0 Å². The minimum Gasteiger partial charge on any atom is -0.542 e. The van der Waals surface area contributed by atoms with Gasteiger partial charge in [0.15, 0.2) is 11.5 Å². The molecule has 4 bridgehead atoms. The van der Waals surface area contributed by atoms with Crippen molar-refractivity contribution in [2.75, 3.05) is 41.0 Å². The number of ether oxygens (including phenoxy) is 4. The zero-order valence-corrected chi connectivity index (χ0v) is 25.4. The molecule has 1 aromatic heterocycles. The molecule has 5 aliphatic carbocycles. The van der Waals surface area contributed by atoms with E-state index in [0.29, 0.717) is 25.2 Å². The maximum atomic E-state index is 10.5. The summed E-state index contributed by atoms with van der Waals surface area (Å²) in [4.78, 5) is 8.78. The lowest BCUT2D eigenvalue weighted by atomic mass is 9.34. The zero-order valence-electron chi connectivity index (χ0n) is 25.4. The second kappa shape index (κ2) is 10.1. The minimum atomic E-state index is -5.19. The Kier molecular flexibility index (Phi) is 6.88. The van der Waals surface area contributed by atoms with Gasteiger partial charge in [0, 0.05) is 48.3 Å². The smallest absolute Gasteiger partial charge is 0.430 e. The standard InChI is InChI=1S/C31H40NO5.C2HF3O2/c1-32(16-20-4-5-20)12-11-30-26-22-6-7-24(33-2)27(26)37-28(30)31(34-3)10-9-29(30,25(32)14-22)15-23(31)19-36-18-21-8-13-35-17-21;3-2(4,5)1(6)7/h6-8,13,17,20,23,25,28H,4-5,9-12,14-16,18-19H2,1-3H3;(H,6,7)/q+1;/p-1/t23-,25-,28-,29-,30+,31-,32?;/m1./s1. The number of aliphatic carboxylic acids is 1. The molecule has 0 amide bonds. The van der Waals surface area contributed by atoms with Crippen molar-refractivity contribution in [3.63, 3.8) is 0 Å². The van der Waals surface area contributed by atoms with Crippen LogP contribution in [0.1, 0.15) is 55.2 Å². The molecule has 1 aromatic carbocycles. The average Bonchev–Trinajstić information content (AvgIpc) is 3.48. The molecule has 4 saturated carbocycles. The zero-order chi connectivity index (χ0) is 31.1. The van der Waals surface area contributed by atoms with E-state index >= 15 is 0 Å². The summed E-state index contributed by atoms with van der Waals surface area (Å²) in [6, 6.07) is 7.11. The van der Waals surface area contributed by atoms with Gasteiger partial charge < -0.3 is 37.7 Å². The summed E-state index contributed by atoms with van der Waals surface area (Å²) in [6.07, 6.45) is 6.90. The van der Waals surface area contributed by atoms with E-state index in [-0.39, 0.29) is 22.5 Å². The van der Waals surface area contributed by atoms with Crippen molar-refractivity contribution in [2.45, 2.75) is 80.9 Å². The molecule has 240 valence electrons. The first-order valence-corrected chi connectivity index (χ1v) is 15.6. The van der Waals surface area contributed by atoms with E-state index in [2.05, 4.69) is 19.2 Å². The van der Waals surface area contributed by atoms with Crippen molar-refractivity contribution >= 4 is 5.97 Å². The molecule has 0 N–H and O–H groups in total. The number of quaternary nitrogens is 1. The number of halogens is 3. The number of rotatable bonds is 8. The molecular formula is C33H40F3NO7. The van der Waals surface area contributed by atoms with E-state index in [4.69, 9.17) is 33.3 Å². The van der Waals surface area contributed by atoms with Crippen LogP contribution >= 0.6 is 0 Å². The third kappa shape index (κ3) is 4.10. The van der Waals surface area contributed by atoms with Crippen molar-refractivity contribution in [1.82, 2.24) is 0 Å². The van der Waals surface area contributed by atoms with Gasteiger partial charge in [0.2, 0.25) is 0 Å². The molecule has 9 rings (SSSR count). The second-order valence-electron chi connectivity index (χ2n) is 14.0. The summed E-state index contributed by atoms with van der Waals surface area (Å²) in [6.45, 7) is 3.84. The highest BCUT2D eigenvalue weighted by Gasteiger charge is 2.83. The number of alkyl halides is 3. The van der Waals surface area contributed by atoms with Crippen LogP contribution in [0.4, 0.5) is 13.2 Å². The van der Waals surface area contributed by atoms with Gasteiger partial charge in [-0.25, -0.2) is 0 Å². The summed E-state index contributed by atoms with van der Waals surface area (Å²) in [5.41, 5.74) is 3.92. The highest BCUT2D eigenvalue weighted by Crippen LogP contribution is 2.77. The third-order valence-corrected chi connectivity index (χ3v) is 12.1. The molecule has 3 heterocycles. The Bertz CT molecular complexity index is 1430. The van der Waals surface area contributed by atoms with Gasteiger partial charge in [-0.1, -0.05) is 6.07 Å². The van der Waals surface area contributed by atoms with Gasteiger partial charge in [0.1, 0.15) is 17.7 Å². The Hall–Kier alpha value is -2.76. The molecule has 2 aromatic rings. The number of hydrogen-bond donors (Lipinski definition) is 0. The largest absolute Gasteiger partial charge is 0.542 e. The van der Waals surface area contributed by atoms with Crippen molar-refractivity contribution in [2.24, 2.45) is 17.3 Å². The van der Waals surface area contributed by atoms with Gasteiger partial charge in [0.25, 0.3) is 0 Å². The molecule has 5 fully saturated rings. The number of carboxylic acids is 1. The van der Waals surface area contributed by atoms with Crippen molar-refractivity contribution in [3.8, 4) is 11.5 Å². The van der Waals surface area contributed by atoms with Gasteiger partial charge in [-0.2, -0.15) is 13.2 Å². The van der Waals surface area contributed by atoms with E-state index in [0.717, 1.165) is 42.2 Å². The van der Waals surface area contributed by atoms with Gasteiger partial charge >= 0.3 is 6.18 Å². The highest BCUT2D eigenvalue weighted by atomic mass is 19.4. The predicted molar refractivity (Wildman–Crippen MR) is 149 cm³/mol. The van der Waals surface area contributed by atoms with Crippen LogP contribution in [-0.2, 0) is 32.7 Å². The van der Waals surface area contributed by atoms with Gasteiger partial charge in [-0.05, 0) is 49.8 Å². The maximum absolute atomic E-state index is 10.5. The van der Waals surface area contributed by atoms with Crippen molar-refractivity contribution < 1.29 is 50.9 Å². The summed E-state index contributed by atoms with van der Waals surface area (Å²) in [5, 5.41) is 8.78. The average molecular weight is 620 g/mol. The number of furan rings is 1. The maximum Gasteiger partial charge on any atom is 0.430 e. The molecule has 2 aliphatic heterocycles. The fourth-order valence-corrected chi connectivity index (χ4v) is 10.3. The predicted octanol–water partition coefficient (Wildman–Crippen LogP) is 4.17. The molecule has 1 saturated heterocycles. The van der Waals surface area contributed by atoms with Crippen LogP contribution in [0.3, 0.4) is 0 Å². The quantitative estimate of drug-likeness (QED) is 0.410. The lowest BCUT2D eigenvalue weighted by Gasteiger charge is -2.74. The second-order valence-corrected chi connectivity index (χ2v) is 14.0. The Morgan fingerprint density at radius 2 is 1.93 bits per heavy atom. The summed E-state index contributed by atoms with van der Waals surface area (Å²) in [5.74, 6) is 0.101. The number of carbonyl (C=O) groups excluding carboxylic acids is 1. The molecule has 7 aliphatic rings. The van der Waals surface area contributed by atoms with Gasteiger partial charge in [0.05, 0.1) is 64.4 Å². The number of piperidine rings is 1. The molecule has 0 radical (unpaired) electrons. The Morgan fingerprint density at radius 3 is 2.57 bits per heavy atom. The summed E-state index contributed by atoms with van der Waals surface area (Å²) >= 11 is 0. The van der Waals surface area contributed by atoms with Crippen molar-refractivity contribution in [3.05, 3.63) is 47.4 Å². The van der Waals surface area contributed by atoms with Gasteiger partial charge in [-0.15, -0.1) is 0 Å². The number of carboxylic acid groups (broad SMARTS) is 1. The first-order chi connectivity index (χ1) is 20.9. The van der Waals surface area contributed by atoms with Crippen LogP contribution in [0.5, 0.6) is 11.5 Å². The number of methoxy groups -OCH3 is 2. The molecule has 1 unspecified atom stereocenters. The normalized spacial score (nSPS) is 37.5. The lowest BCUT2D eigenvalue weighted by molar-refractivity contribution is -0.952. The Morgan fingerprint density at radius 1 is 1.16 bits per heavy atom. The summed E-state index contributed by atoms with van der Waals surface area (Å²) < 4.78 is 64.1. The lowest BCUT2D eigenvalue weighted by Crippen LogP contribution is -2.83. The molecular weight excluding hydrogens is 579 g/mol. The van der Waals surface area contributed by atoms with E-state index in [1.807, 2.05) is 13.2 Å². The molecule has 11 heteroatoms. The number of fused-ring (bicyclic) bond motifs is 2. The van der Waals surface area contributed by atoms with Crippen LogP contribution in [-0.4, -0.2) is 75.3 Å². The fraction of sp³-hybridized carbons (Fsp3) is 0.667. The van der Waals surface area contributed by atoms with Crippen LogP contribution in [0.15, 0.2) is 35.1 Å². The van der Waals surface area contributed by atoms with E-state index in [9.17, 15) is 13.2 Å². The molecule has 44 heavy (non-hydrogen) atoms. The SMILES string of the molecule is COc1ccc2c3c1O[C@H]1[C@@]4(OC)CC[C@@]5(C[C@@H]4COCc4ccoc4)[C@@H](C2)[N+](C)(CC2CC2)CC[C@]315.O=C([O-])C(F)(F)F. The first-order valence-electron chi connectivity index (χ1n) is 15.6. The number of benzene rings is 1. The van der Waals surface area contributed by atoms with E-state index in [1.54, 1.807) is 19.6 Å². The van der Waals surface area contributed by atoms with Crippen LogP contribution < -0.4 is 14.6 Å². The van der Waals surface area contributed by atoms with Crippen molar-refractivity contribution in [1.29, 1.82) is 0 Å². The molecule has 7 atom stereocenters. The fourth-order valence-electron chi connectivity index (χ4n) is 10.3. The third-order valence-electron chi connectivity index (χ3n) is 12.1. The summed E-state index contributed by atoms with van der Waals surface area (Å²) in [7, 11) is 6.28. The molecule has 2 spiro atoms. The number of hydrogen-bond acceptors (Lipinski definition) is 7. The topological polar surface area (TPSA) is 90.2 Å².